The minimum Gasteiger partial charge on any atom is -0.495 e. The van der Waals surface area contributed by atoms with Gasteiger partial charge < -0.3 is 25.0 Å². The van der Waals surface area contributed by atoms with E-state index in [0.717, 1.165) is 55.0 Å². The maximum atomic E-state index is 5.71. The van der Waals surface area contributed by atoms with Crippen LogP contribution >= 0.6 is 0 Å². The number of nitrogens with zero attached hydrogens (tertiary/aromatic N) is 4. The van der Waals surface area contributed by atoms with Crippen molar-refractivity contribution in [2.24, 2.45) is 5.92 Å². The normalized spacial score (nSPS) is 16.2. The van der Waals surface area contributed by atoms with Gasteiger partial charge in [0.25, 0.3) is 0 Å². The van der Waals surface area contributed by atoms with E-state index < -0.39 is 0 Å². The molecule has 2 aromatic carbocycles. The number of rotatable bonds is 9. The average molecular weight is 461 g/mol. The van der Waals surface area contributed by atoms with Crippen LogP contribution in [0.2, 0.25) is 0 Å². The summed E-state index contributed by atoms with van der Waals surface area (Å²) >= 11 is 0. The maximum absolute atomic E-state index is 5.71. The standard InChI is InChI=1S/C26H32N6O2/c1-33-23-6-4-3-5-21(23)29-26-27-12-11-25(30-26)28-22-10-9-20(17-24(22)34-2)32-15-13-31(14-16-32)18-19-7-8-19/h3-6,9-12,17,19H,7-8,13-16,18H2,1-2H3,(H2,27,28,29,30). The molecule has 0 unspecified atom stereocenters. The van der Waals surface area contributed by atoms with E-state index in [1.807, 2.05) is 30.3 Å². The zero-order chi connectivity index (χ0) is 23.3. The molecule has 0 spiro atoms. The first-order valence-corrected chi connectivity index (χ1v) is 11.9. The van der Waals surface area contributed by atoms with Crippen LogP contribution in [0.4, 0.5) is 28.8 Å². The zero-order valence-corrected chi connectivity index (χ0v) is 19.8. The van der Waals surface area contributed by atoms with Gasteiger partial charge in [-0.15, -0.1) is 0 Å². The second-order valence-corrected chi connectivity index (χ2v) is 8.83. The smallest absolute Gasteiger partial charge is 0.229 e. The van der Waals surface area contributed by atoms with Crippen molar-refractivity contribution in [3.63, 3.8) is 0 Å². The fraction of sp³-hybridized carbons (Fsp3) is 0.385. The van der Waals surface area contributed by atoms with Crippen LogP contribution in [0.25, 0.3) is 0 Å². The quantitative estimate of drug-likeness (QED) is 0.483. The predicted octanol–water partition coefficient (Wildman–Crippen LogP) is 4.51. The molecule has 0 radical (unpaired) electrons. The van der Waals surface area contributed by atoms with Gasteiger partial charge in [-0.3, -0.25) is 4.90 Å². The van der Waals surface area contributed by atoms with Crippen LogP contribution in [0.15, 0.2) is 54.7 Å². The van der Waals surface area contributed by atoms with Gasteiger partial charge in [-0.1, -0.05) is 12.1 Å². The summed E-state index contributed by atoms with van der Waals surface area (Å²) in [6.45, 7) is 5.62. The number of benzene rings is 2. The number of para-hydroxylation sites is 2. The molecule has 1 saturated heterocycles. The fourth-order valence-corrected chi connectivity index (χ4v) is 4.33. The molecule has 5 rings (SSSR count). The molecule has 0 bridgehead atoms. The number of anilines is 5. The second-order valence-electron chi connectivity index (χ2n) is 8.83. The molecular weight excluding hydrogens is 428 g/mol. The minimum atomic E-state index is 0.481. The van der Waals surface area contributed by atoms with Gasteiger partial charge in [-0.25, -0.2) is 4.98 Å². The Labute approximate surface area is 200 Å². The number of nitrogens with one attached hydrogen (secondary N) is 2. The van der Waals surface area contributed by atoms with Gasteiger partial charge in [0, 0.05) is 50.7 Å². The van der Waals surface area contributed by atoms with Crippen LogP contribution < -0.4 is 25.0 Å². The molecule has 3 aromatic rings. The molecule has 8 heteroatoms. The maximum Gasteiger partial charge on any atom is 0.229 e. The monoisotopic (exact) mass is 460 g/mol. The van der Waals surface area contributed by atoms with E-state index in [0.29, 0.717) is 11.8 Å². The van der Waals surface area contributed by atoms with E-state index in [9.17, 15) is 0 Å². The number of ether oxygens (including phenoxy) is 2. The van der Waals surface area contributed by atoms with Crippen LogP contribution in [0, 0.1) is 5.92 Å². The summed E-state index contributed by atoms with van der Waals surface area (Å²) in [5.41, 5.74) is 2.86. The lowest BCUT2D eigenvalue weighted by atomic mass is 10.2. The van der Waals surface area contributed by atoms with Gasteiger partial charge in [0.2, 0.25) is 5.95 Å². The third kappa shape index (κ3) is 5.34. The second kappa shape index (κ2) is 10.2. The Balaban J connectivity index is 1.26. The van der Waals surface area contributed by atoms with Crippen LogP contribution in [0.5, 0.6) is 11.5 Å². The summed E-state index contributed by atoms with van der Waals surface area (Å²) < 4.78 is 11.1. The summed E-state index contributed by atoms with van der Waals surface area (Å²) in [6, 6.07) is 15.8. The summed E-state index contributed by atoms with van der Waals surface area (Å²) in [6.07, 6.45) is 4.54. The first-order valence-electron chi connectivity index (χ1n) is 11.9. The predicted molar refractivity (Wildman–Crippen MR) is 136 cm³/mol. The van der Waals surface area contributed by atoms with Crippen molar-refractivity contribution in [1.29, 1.82) is 0 Å². The summed E-state index contributed by atoms with van der Waals surface area (Å²) in [7, 11) is 3.34. The van der Waals surface area contributed by atoms with Crippen LogP contribution in [0.3, 0.4) is 0 Å². The minimum absolute atomic E-state index is 0.481. The first-order chi connectivity index (χ1) is 16.7. The van der Waals surface area contributed by atoms with Gasteiger partial charge in [0.05, 0.1) is 25.6 Å². The Morgan fingerprint density at radius 3 is 2.41 bits per heavy atom. The van der Waals surface area contributed by atoms with E-state index in [4.69, 9.17) is 9.47 Å². The van der Waals surface area contributed by atoms with Crippen LogP contribution in [-0.2, 0) is 0 Å². The van der Waals surface area contributed by atoms with Gasteiger partial charge in [-0.2, -0.15) is 4.98 Å². The van der Waals surface area contributed by atoms with Gasteiger partial charge in [0.15, 0.2) is 0 Å². The Kier molecular flexibility index (Phi) is 6.67. The highest BCUT2D eigenvalue weighted by Gasteiger charge is 2.26. The van der Waals surface area contributed by atoms with Crippen molar-refractivity contribution in [1.82, 2.24) is 14.9 Å². The van der Waals surface area contributed by atoms with Crippen molar-refractivity contribution in [2.45, 2.75) is 12.8 Å². The number of hydrogen-bond donors (Lipinski definition) is 2. The van der Waals surface area contributed by atoms with E-state index in [-0.39, 0.29) is 0 Å². The highest BCUT2D eigenvalue weighted by atomic mass is 16.5. The lowest BCUT2D eigenvalue weighted by Crippen LogP contribution is -2.47. The first kappa shape index (κ1) is 22.3. The van der Waals surface area contributed by atoms with E-state index in [1.165, 1.54) is 25.1 Å². The van der Waals surface area contributed by atoms with E-state index >= 15 is 0 Å². The van der Waals surface area contributed by atoms with Crippen molar-refractivity contribution in [3.8, 4) is 11.5 Å². The van der Waals surface area contributed by atoms with Crippen molar-refractivity contribution < 1.29 is 9.47 Å². The zero-order valence-electron chi connectivity index (χ0n) is 19.8. The molecule has 2 heterocycles. The molecule has 178 valence electrons. The molecule has 8 nitrogen and oxygen atoms in total. The molecule has 1 aliphatic carbocycles. The Bertz CT molecular complexity index is 1110. The number of methoxy groups -OCH3 is 2. The molecule has 2 fully saturated rings. The summed E-state index contributed by atoms with van der Waals surface area (Å²) in [5.74, 6) is 3.62. The molecule has 1 aromatic heterocycles. The molecule has 0 atom stereocenters. The van der Waals surface area contributed by atoms with Gasteiger partial charge in [-0.05, 0) is 49.1 Å². The Hall–Kier alpha value is -3.52. The molecule has 2 aliphatic rings. The average Bonchev–Trinajstić information content (AvgIpc) is 3.69. The van der Waals surface area contributed by atoms with Gasteiger partial charge >= 0.3 is 0 Å². The highest BCUT2D eigenvalue weighted by molar-refractivity contribution is 5.70. The summed E-state index contributed by atoms with van der Waals surface area (Å²) in [4.78, 5) is 14.0. The van der Waals surface area contributed by atoms with Gasteiger partial charge in [0.1, 0.15) is 17.3 Å². The largest absolute Gasteiger partial charge is 0.495 e. The molecule has 1 aliphatic heterocycles. The highest BCUT2D eigenvalue weighted by Crippen LogP contribution is 2.34. The number of hydrogen-bond acceptors (Lipinski definition) is 8. The molecule has 1 saturated carbocycles. The molecule has 0 amide bonds. The summed E-state index contributed by atoms with van der Waals surface area (Å²) in [5, 5.41) is 6.59. The van der Waals surface area contributed by atoms with E-state index in [2.05, 4.69) is 48.6 Å². The molecule has 2 N–H and O–H groups in total. The lowest BCUT2D eigenvalue weighted by Gasteiger charge is -2.36. The third-order valence-corrected chi connectivity index (χ3v) is 6.41. The van der Waals surface area contributed by atoms with Crippen molar-refractivity contribution in [2.75, 3.05) is 62.5 Å². The molecule has 34 heavy (non-hydrogen) atoms. The Morgan fingerprint density at radius 1 is 0.882 bits per heavy atom. The van der Waals surface area contributed by atoms with E-state index in [1.54, 1.807) is 20.4 Å². The topological polar surface area (TPSA) is 74.8 Å². The SMILES string of the molecule is COc1cc(N2CCN(CC3CC3)CC2)ccc1Nc1ccnc(Nc2ccccc2OC)n1. The van der Waals surface area contributed by atoms with Crippen molar-refractivity contribution >= 4 is 28.8 Å². The fourth-order valence-electron chi connectivity index (χ4n) is 4.33. The number of piperazine rings is 1. The Morgan fingerprint density at radius 2 is 1.65 bits per heavy atom. The van der Waals surface area contributed by atoms with Crippen LogP contribution in [-0.4, -0.2) is 61.8 Å². The lowest BCUT2D eigenvalue weighted by molar-refractivity contribution is 0.248. The third-order valence-electron chi connectivity index (χ3n) is 6.41. The number of aromatic nitrogens is 2. The van der Waals surface area contributed by atoms with Crippen LogP contribution in [0.1, 0.15) is 12.8 Å². The van der Waals surface area contributed by atoms with Crippen molar-refractivity contribution in [3.05, 3.63) is 54.7 Å². The molecular formula is C26H32N6O2.